The number of aliphatic hydroxyl groups is 1. The molecule has 2 aromatic carbocycles. The van der Waals surface area contributed by atoms with E-state index in [0.29, 0.717) is 6.54 Å². The standard InChI is InChI=1S/C18H22N2O2/c21-14-16-8-4-10-17(12-16)20-13-18(22)19-11-5-9-15-6-2-1-3-7-15/h1-4,6-8,10,12,20-21H,5,9,11,13-14H2,(H,19,22). The van der Waals surface area contributed by atoms with E-state index in [9.17, 15) is 4.79 Å². The fourth-order valence-corrected chi connectivity index (χ4v) is 2.19. The van der Waals surface area contributed by atoms with Crippen molar-refractivity contribution in [3.63, 3.8) is 0 Å². The van der Waals surface area contributed by atoms with E-state index in [0.717, 1.165) is 24.1 Å². The average molecular weight is 298 g/mol. The van der Waals surface area contributed by atoms with Crippen LogP contribution >= 0.6 is 0 Å². The van der Waals surface area contributed by atoms with Gasteiger partial charge in [0.25, 0.3) is 0 Å². The third-order valence-electron chi connectivity index (χ3n) is 3.37. The van der Waals surface area contributed by atoms with Gasteiger partial charge in [0, 0.05) is 12.2 Å². The molecule has 0 unspecified atom stereocenters. The number of benzene rings is 2. The summed E-state index contributed by atoms with van der Waals surface area (Å²) in [5, 5.41) is 15.0. The van der Waals surface area contributed by atoms with Gasteiger partial charge in [-0.3, -0.25) is 4.79 Å². The molecule has 0 aliphatic heterocycles. The van der Waals surface area contributed by atoms with Crippen molar-refractivity contribution in [2.24, 2.45) is 0 Å². The van der Waals surface area contributed by atoms with E-state index >= 15 is 0 Å². The van der Waals surface area contributed by atoms with Crippen molar-refractivity contribution >= 4 is 11.6 Å². The van der Waals surface area contributed by atoms with Crippen LogP contribution in [0.25, 0.3) is 0 Å². The van der Waals surface area contributed by atoms with Gasteiger partial charge in [0.2, 0.25) is 5.91 Å². The number of hydrogen-bond donors (Lipinski definition) is 3. The Hall–Kier alpha value is -2.33. The van der Waals surface area contributed by atoms with Gasteiger partial charge in [-0.2, -0.15) is 0 Å². The molecule has 2 rings (SSSR count). The van der Waals surface area contributed by atoms with Gasteiger partial charge in [0.15, 0.2) is 0 Å². The summed E-state index contributed by atoms with van der Waals surface area (Å²) in [6.45, 7) is 0.910. The molecule has 0 aliphatic carbocycles. The van der Waals surface area contributed by atoms with Crippen LogP contribution in [-0.4, -0.2) is 24.1 Å². The van der Waals surface area contributed by atoms with Crippen LogP contribution in [0, 0.1) is 0 Å². The Balaban J connectivity index is 1.63. The van der Waals surface area contributed by atoms with Gasteiger partial charge in [-0.05, 0) is 36.1 Å². The molecule has 22 heavy (non-hydrogen) atoms. The smallest absolute Gasteiger partial charge is 0.239 e. The molecule has 3 N–H and O–H groups in total. The topological polar surface area (TPSA) is 61.4 Å². The van der Waals surface area contributed by atoms with Crippen molar-refractivity contribution in [1.82, 2.24) is 5.32 Å². The Kier molecular flexibility index (Phi) is 6.45. The predicted octanol–water partition coefficient (Wildman–Crippen LogP) is 2.34. The molecule has 4 heteroatoms. The lowest BCUT2D eigenvalue weighted by atomic mass is 10.1. The van der Waals surface area contributed by atoms with Gasteiger partial charge in [0.05, 0.1) is 13.2 Å². The fraction of sp³-hybridized carbons (Fsp3) is 0.278. The van der Waals surface area contributed by atoms with Crippen molar-refractivity contribution in [3.8, 4) is 0 Å². The first kappa shape index (κ1) is 16.0. The van der Waals surface area contributed by atoms with Crippen molar-refractivity contribution < 1.29 is 9.90 Å². The molecule has 0 aromatic heterocycles. The van der Waals surface area contributed by atoms with Gasteiger partial charge in [-0.1, -0.05) is 42.5 Å². The summed E-state index contributed by atoms with van der Waals surface area (Å²) in [6, 6.07) is 17.7. The largest absolute Gasteiger partial charge is 0.392 e. The first-order valence-corrected chi connectivity index (χ1v) is 7.52. The Labute approximate surface area is 131 Å². The van der Waals surface area contributed by atoms with Crippen molar-refractivity contribution in [2.75, 3.05) is 18.4 Å². The third-order valence-corrected chi connectivity index (χ3v) is 3.37. The monoisotopic (exact) mass is 298 g/mol. The second kappa shape index (κ2) is 8.85. The number of rotatable bonds is 8. The van der Waals surface area contributed by atoms with Crippen molar-refractivity contribution in [1.29, 1.82) is 0 Å². The molecule has 1 amide bonds. The molecule has 2 aromatic rings. The van der Waals surface area contributed by atoms with Crippen LogP contribution in [0.15, 0.2) is 54.6 Å². The molecule has 0 heterocycles. The number of amides is 1. The van der Waals surface area contributed by atoms with Gasteiger partial charge in [0.1, 0.15) is 0 Å². The number of nitrogens with one attached hydrogen (secondary N) is 2. The van der Waals surface area contributed by atoms with Crippen LogP contribution in [0.3, 0.4) is 0 Å². The van der Waals surface area contributed by atoms with Crippen LogP contribution in [0.2, 0.25) is 0 Å². The maximum absolute atomic E-state index is 11.8. The van der Waals surface area contributed by atoms with E-state index < -0.39 is 0 Å². The summed E-state index contributed by atoms with van der Waals surface area (Å²) in [5.41, 5.74) is 2.95. The lowest BCUT2D eigenvalue weighted by Gasteiger charge is -2.08. The lowest BCUT2D eigenvalue weighted by Crippen LogP contribution is -2.30. The van der Waals surface area contributed by atoms with Gasteiger partial charge < -0.3 is 15.7 Å². The molecular formula is C18H22N2O2. The maximum atomic E-state index is 11.8. The molecule has 0 saturated carbocycles. The summed E-state index contributed by atoms with van der Waals surface area (Å²) in [5.74, 6) is -0.0255. The minimum absolute atomic E-state index is 0.00119. The van der Waals surface area contributed by atoms with Gasteiger partial charge >= 0.3 is 0 Å². The molecule has 116 valence electrons. The van der Waals surface area contributed by atoms with Gasteiger partial charge in [-0.15, -0.1) is 0 Å². The Morgan fingerprint density at radius 2 is 1.77 bits per heavy atom. The van der Waals surface area contributed by atoms with E-state index in [-0.39, 0.29) is 19.1 Å². The molecular weight excluding hydrogens is 276 g/mol. The normalized spacial score (nSPS) is 10.2. The Morgan fingerprint density at radius 1 is 1.00 bits per heavy atom. The molecule has 0 bridgehead atoms. The highest BCUT2D eigenvalue weighted by Gasteiger charge is 2.01. The van der Waals surface area contributed by atoms with Crippen LogP contribution < -0.4 is 10.6 Å². The lowest BCUT2D eigenvalue weighted by molar-refractivity contribution is -0.119. The summed E-state index contributed by atoms with van der Waals surface area (Å²) < 4.78 is 0. The molecule has 0 atom stereocenters. The number of aliphatic hydroxyl groups excluding tert-OH is 1. The quantitative estimate of drug-likeness (QED) is 0.656. The SMILES string of the molecule is O=C(CNc1cccc(CO)c1)NCCCc1ccccc1. The second-order valence-corrected chi connectivity index (χ2v) is 5.15. The Morgan fingerprint density at radius 3 is 2.55 bits per heavy atom. The zero-order valence-electron chi connectivity index (χ0n) is 12.6. The summed E-state index contributed by atoms with van der Waals surface area (Å²) in [4.78, 5) is 11.8. The fourth-order valence-electron chi connectivity index (χ4n) is 2.19. The second-order valence-electron chi connectivity index (χ2n) is 5.15. The van der Waals surface area contributed by atoms with E-state index in [1.165, 1.54) is 5.56 Å². The number of aryl methyl sites for hydroxylation is 1. The highest BCUT2D eigenvalue weighted by Crippen LogP contribution is 2.09. The molecule has 0 aliphatic rings. The van der Waals surface area contributed by atoms with Crippen LogP contribution in [0.1, 0.15) is 17.5 Å². The number of carbonyl (C=O) groups is 1. The number of anilines is 1. The van der Waals surface area contributed by atoms with Gasteiger partial charge in [-0.25, -0.2) is 0 Å². The highest BCUT2D eigenvalue weighted by molar-refractivity contribution is 5.80. The highest BCUT2D eigenvalue weighted by atomic mass is 16.3. The number of hydrogen-bond acceptors (Lipinski definition) is 3. The molecule has 0 spiro atoms. The van der Waals surface area contributed by atoms with Crippen LogP contribution in [0.5, 0.6) is 0 Å². The Bertz CT molecular complexity index is 585. The van der Waals surface area contributed by atoms with E-state index in [1.54, 1.807) is 0 Å². The minimum Gasteiger partial charge on any atom is -0.392 e. The molecule has 0 fully saturated rings. The van der Waals surface area contributed by atoms with Crippen LogP contribution in [0.4, 0.5) is 5.69 Å². The predicted molar refractivity (Wildman–Crippen MR) is 88.6 cm³/mol. The maximum Gasteiger partial charge on any atom is 0.239 e. The zero-order valence-corrected chi connectivity index (χ0v) is 12.6. The third kappa shape index (κ3) is 5.58. The first-order valence-electron chi connectivity index (χ1n) is 7.52. The molecule has 4 nitrogen and oxygen atoms in total. The summed E-state index contributed by atoms with van der Waals surface area (Å²) in [6.07, 6.45) is 1.89. The zero-order chi connectivity index (χ0) is 15.6. The van der Waals surface area contributed by atoms with Crippen LogP contribution in [-0.2, 0) is 17.8 Å². The molecule has 0 radical (unpaired) electrons. The van der Waals surface area contributed by atoms with Crippen molar-refractivity contribution in [2.45, 2.75) is 19.4 Å². The first-order chi connectivity index (χ1) is 10.8. The van der Waals surface area contributed by atoms with Crippen molar-refractivity contribution in [3.05, 3.63) is 65.7 Å². The summed E-state index contributed by atoms with van der Waals surface area (Å²) >= 11 is 0. The van der Waals surface area contributed by atoms with E-state index in [4.69, 9.17) is 5.11 Å². The van der Waals surface area contributed by atoms with E-state index in [1.807, 2.05) is 42.5 Å². The summed E-state index contributed by atoms with van der Waals surface area (Å²) in [7, 11) is 0. The minimum atomic E-state index is -0.0255. The number of carbonyl (C=O) groups excluding carboxylic acids is 1. The average Bonchev–Trinajstić information content (AvgIpc) is 2.58. The van der Waals surface area contributed by atoms with E-state index in [2.05, 4.69) is 22.8 Å². The molecule has 0 saturated heterocycles.